The number of rotatable bonds is 1. The molecule has 0 amide bonds. The summed E-state index contributed by atoms with van der Waals surface area (Å²) in [6.07, 6.45) is 8.61. The molecule has 1 aliphatic heterocycles. The molecule has 0 spiro atoms. The second-order valence-electron chi connectivity index (χ2n) is 5.19. The van der Waals surface area contributed by atoms with Crippen LogP contribution in [0, 0.1) is 0 Å². The van der Waals surface area contributed by atoms with Crippen molar-refractivity contribution in [1.29, 1.82) is 0 Å². The lowest BCUT2D eigenvalue weighted by atomic mass is 9.78. The summed E-state index contributed by atoms with van der Waals surface area (Å²) in [5.41, 5.74) is 2.38. The fraction of sp³-hybridized carbons (Fsp3) is 0.375. The maximum Gasteiger partial charge on any atom is 0.209 e. The van der Waals surface area contributed by atoms with Gasteiger partial charge >= 0.3 is 0 Å². The molecule has 20 heavy (non-hydrogen) atoms. The number of alkyl halides is 3. The SMILES string of the molecule is CCN1C2C=CC=CC2c2ccccc2C1C(Cl)(Cl)Cl. The fourth-order valence-corrected chi connectivity index (χ4v) is 4.10. The van der Waals surface area contributed by atoms with Crippen molar-refractivity contribution in [3.05, 3.63) is 59.7 Å². The van der Waals surface area contributed by atoms with Gasteiger partial charge < -0.3 is 0 Å². The molecule has 4 heteroatoms. The van der Waals surface area contributed by atoms with Gasteiger partial charge in [0.1, 0.15) is 0 Å². The average Bonchev–Trinajstić information content (AvgIpc) is 2.44. The third-order valence-corrected chi connectivity index (χ3v) is 4.77. The van der Waals surface area contributed by atoms with Crippen LogP contribution >= 0.6 is 34.8 Å². The van der Waals surface area contributed by atoms with Gasteiger partial charge in [-0.25, -0.2) is 0 Å². The number of likely N-dealkylation sites (N-methyl/N-ethyl adjacent to an activating group) is 1. The third kappa shape index (κ3) is 2.31. The van der Waals surface area contributed by atoms with E-state index in [1.165, 1.54) is 5.56 Å². The van der Waals surface area contributed by atoms with E-state index in [0.717, 1.165) is 12.1 Å². The molecule has 1 nitrogen and oxygen atoms in total. The molecule has 3 atom stereocenters. The van der Waals surface area contributed by atoms with Gasteiger partial charge in [-0.05, 0) is 17.7 Å². The Labute approximate surface area is 134 Å². The molecule has 0 fully saturated rings. The summed E-state index contributed by atoms with van der Waals surface area (Å²) in [6, 6.07) is 8.32. The van der Waals surface area contributed by atoms with Crippen LogP contribution in [0.25, 0.3) is 0 Å². The number of allylic oxidation sites excluding steroid dienone is 2. The normalized spacial score (nSPS) is 29.1. The third-order valence-electron chi connectivity index (χ3n) is 4.15. The highest BCUT2D eigenvalue weighted by atomic mass is 35.6. The first-order chi connectivity index (χ1) is 9.54. The van der Waals surface area contributed by atoms with Crippen molar-refractivity contribution in [2.24, 2.45) is 0 Å². The van der Waals surface area contributed by atoms with Gasteiger partial charge in [-0.3, -0.25) is 4.90 Å². The zero-order valence-electron chi connectivity index (χ0n) is 11.1. The van der Waals surface area contributed by atoms with Gasteiger partial charge in [-0.2, -0.15) is 0 Å². The highest BCUT2D eigenvalue weighted by Gasteiger charge is 2.46. The summed E-state index contributed by atoms with van der Waals surface area (Å²) in [4.78, 5) is 2.28. The topological polar surface area (TPSA) is 3.24 Å². The first-order valence-corrected chi connectivity index (χ1v) is 7.93. The van der Waals surface area contributed by atoms with Crippen molar-refractivity contribution in [3.8, 4) is 0 Å². The van der Waals surface area contributed by atoms with Crippen molar-refractivity contribution in [2.75, 3.05) is 6.54 Å². The van der Waals surface area contributed by atoms with Crippen LogP contribution in [-0.4, -0.2) is 21.3 Å². The molecule has 1 aromatic carbocycles. The van der Waals surface area contributed by atoms with Crippen LogP contribution in [0.2, 0.25) is 0 Å². The molecule has 0 bridgehead atoms. The number of fused-ring (bicyclic) bond motifs is 3. The van der Waals surface area contributed by atoms with Gasteiger partial charge in [0.15, 0.2) is 0 Å². The summed E-state index contributed by atoms with van der Waals surface area (Å²) in [7, 11) is 0. The Morgan fingerprint density at radius 3 is 2.35 bits per heavy atom. The minimum Gasteiger partial charge on any atom is -0.285 e. The molecule has 0 aromatic heterocycles. The smallest absolute Gasteiger partial charge is 0.209 e. The van der Waals surface area contributed by atoms with E-state index in [4.69, 9.17) is 34.8 Å². The first kappa shape index (κ1) is 14.5. The van der Waals surface area contributed by atoms with Crippen molar-refractivity contribution < 1.29 is 0 Å². The molecular formula is C16H16Cl3N. The Hall–Kier alpha value is -0.470. The summed E-state index contributed by atoms with van der Waals surface area (Å²) in [6.45, 7) is 2.95. The number of nitrogens with zero attached hydrogens (tertiary/aromatic N) is 1. The van der Waals surface area contributed by atoms with E-state index in [-0.39, 0.29) is 12.1 Å². The standard InChI is InChI=1S/C16H16Cl3N/c1-2-20-14-10-6-5-8-12(14)11-7-3-4-9-13(11)15(20)16(17,18)19/h3-10,12,14-15H,2H2,1H3. The molecule has 0 saturated heterocycles. The molecular weight excluding hydrogens is 313 g/mol. The molecule has 2 aliphatic rings. The molecule has 106 valence electrons. The second-order valence-corrected chi connectivity index (χ2v) is 7.56. The molecule has 1 aromatic rings. The first-order valence-electron chi connectivity index (χ1n) is 6.80. The summed E-state index contributed by atoms with van der Waals surface area (Å²) in [5, 5.41) is 0. The quantitative estimate of drug-likeness (QED) is 0.655. The Morgan fingerprint density at radius 1 is 1.05 bits per heavy atom. The van der Waals surface area contributed by atoms with Gasteiger partial charge in [0.05, 0.1) is 6.04 Å². The van der Waals surface area contributed by atoms with E-state index < -0.39 is 3.79 Å². The molecule has 0 radical (unpaired) electrons. The van der Waals surface area contributed by atoms with Gasteiger partial charge in [0.2, 0.25) is 3.79 Å². The van der Waals surface area contributed by atoms with Crippen molar-refractivity contribution >= 4 is 34.8 Å². The average molecular weight is 329 g/mol. The number of halogens is 3. The molecule has 3 rings (SSSR count). The van der Waals surface area contributed by atoms with Crippen molar-refractivity contribution in [2.45, 2.75) is 28.7 Å². The van der Waals surface area contributed by atoms with E-state index in [1.807, 2.05) is 6.07 Å². The van der Waals surface area contributed by atoms with Crippen LogP contribution in [0.3, 0.4) is 0 Å². The second kappa shape index (κ2) is 5.38. The largest absolute Gasteiger partial charge is 0.285 e. The predicted molar refractivity (Wildman–Crippen MR) is 86.7 cm³/mol. The van der Waals surface area contributed by atoms with E-state index >= 15 is 0 Å². The lowest BCUT2D eigenvalue weighted by Gasteiger charge is -2.48. The van der Waals surface area contributed by atoms with E-state index in [9.17, 15) is 0 Å². The summed E-state index contributed by atoms with van der Waals surface area (Å²) >= 11 is 18.9. The zero-order chi connectivity index (χ0) is 14.3. The van der Waals surface area contributed by atoms with Crippen LogP contribution in [0.4, 0.5) is 0 Å². The molecule has 1 heterocycles. The minimum atomic E-state index is -1.34. The maximum atomic E-state index is 6.29. The molecule has 3 unspecified atom stereocenters. The molecule has 0 saturated carbocycles. The fourth-order valence-electron chi connectivity index (χ4n) is 3.37. The van der Waals surface area contributed by atoms with Gasteiger partial charge in [-0.1, -0.05) is 90.3 Å². The van der Waals surface area contributed by atoms with E-state index in [0.29, 0.717) is 5.92 Å². The highest BCUT2D eigenvalue weighted by molar-refractivity contribution is 6.68. The van der Waals surface area contributed by atoms with Crippen molar-refractivity contribution in [1.82, 2.24) is 4.90 Å². The van der Waals surface area contributed by atoms with Crippen LogP contribution < -0.4 is 0 Å². The summed E-state index contributed by atoms with van der Waals surface area (Å²) in [5.74, 6) is 0.333. The van der Waals surface area contributed by atoms with Gasteiger partial charge in [0, 0.05) is 12.0 Å². The number of hydrogen-bond donors (Lipinski definition) is 0. The molecule has 1 aliphatic carbocycles. The lowest BCUT2D eigenvalue weighted by molar-refractivity contribution is 0.142. The zero-order valence-corrected chi connectivity index (χ0v) is 13.4. The van der Waals surface area contributed by atoms with Crippen LogP contribution in [0.5, 0.6) is 0 Å². The van der Waals surface area contributed by atoms with Crippen LogP contribution in [0.1, 0.15) is 30.0 Å². The van der Waals surface area contributed by atoms with E-state index in [1.54, 1.807) is 0 Å². The Bertz CT molecular complexity index is 559. The Kier molecular flexibility index (Phi) is 3.89. The Balaban J connectivity index is 2.19. The van der Waals surface area contributed by atoms with Gasteiger partial charge in [-0.15, -0.1) is 0 Å². The number of hydrogen-bond acceptors (Lipinski definition) is 1. The number of benzene rings is 1. The van der Waals surface area contributed by atoms with E-state index in [2.05, 4.69) is 54.3 Å². The monoisotopic (exact) mass is 327 g/mol. The Morgan fingerprint density at radius 2 is 1.70 bits per heavy atom. The summed E-state index contributed by atoms with van der Waals surface area (Å²) < 4.78 is -1.34. The van der Waals surface area contributed by atoms with Crippen LogP contribution in [0.15, 0.2) is 48.6 Å². The van der Waals surface area contributed by atoms with Gasteiger partial charge in [0.25, 0.3) is 0 Å². The molecule has 0 N–H and O–H groups in total. The highest BCUT2D eigenvalue weighted by Crippen LogP contribution is 2.51. The maximum absolute atomic E-state index is 6.29. The minimum absolute atomic E-state index is 0.217. The van der Waals surface area contributed by atoms with Crippen LogP contribution in [-0.2, 0) is 0 Å². The lowest BCUT2D eigenvalue weighted by Crippen LogP contribution is -2.49. The van der Waals surface area contributed by atoms with Crippen molar-refractivity contribution in [3.63, 3.8) is 0 Å². The predicted octanol–water partition coefficient (Wildman–Crippen LogP) is 5.01.